The molecule has 1 aliphatic heterocycles. The molecule has 0 radical (unpaired) electrons. The molecule has 2 heterocycles. The number of aromatic nitrogens is 2. The van der Waals surface area contributed by atoms with E-state index in [-0.39, 0.29) is 12.1 Å². The minimum atomic E-state index is 0.0281. The Balaban J connectivity index is 1.45. The van der Waals surface area contributed by atoms with Crippen LogP contribution in [0.25, 0.3) is 0 Å². The van der Waals surface area contributed by atoms with Gasteiger partial charge in [-0.15, -0.1) is 0 Å². The summed E-state index contributed by atoms with van der Waals surface area (Å²) in [6.45, 7) is 3.76. The van der Waals surface area contributed by atoms with Crippen LogP contribution in [-0.2, 0) is 0 Å². The Kier molecular flexibility index (Phi) is 4.90. The average Bonchev–Trinajstić information content (AvgIpc) is 3.14. The molecule has 4 unspecified atom stereocenters. The number of nitrogens with one attached hydrogen (secondary N) is 2. The van der Waals surface area contributed by atoms with E-state index < -0.39 is 0 Å². The zero-order valence-electron chi connectivity index (χ0n) is 15.0. The maximum Gasteiger partial charge on any atom is 0.317 e. The lowest BCUT2D eigenvalue weighted by molar-refractivity contribution is 0.173. The van der Waals surface area contributed by atoms with Crippen molar-refractivity contribution in [3.05, 3.63) is 53.1 Å². The summed E-state index contributed by atoms with van der Waals surface area (Å²) in [4.78, 5) is 22.5. The van der Waals surface area contributed by atoms with Gasteiger partial charge in [0.2, 0.25) is 0 Å². The number of hydrogen-bond donors (Lipinski definition) is 2. The highest BCUT2D eigenvalue weighted by molar-refractivity contribution is 6.30. The Labute approximate surface area is 159 Å². The first kappa shape index (κ1) is 17.4. The molecule has 138 valence electrons. The smallest absolute Gasteiger partial charge is 0.317 e. The third-order valence-electron chi connectivity index (χ3n) is 5.72. The van der Waals surface area contributed by atoms with E-state index in [0.717, 1.165) is 42.2 Å². The average molecular weight is 373 g/mol. The van der Waals surface area contributed by atoms with Crippen LogP contribution in [0.15, 0.2) is 36.7 Å². The predicted molar refractivity (Wildman–Crippen MR) is 102 cm³/mol. The van der Waals surface area contributed by atoms with Crippen LogP contribution in [0.4, 0.5) is 4.79 Å². The van der Waals surface area contributed by atoms with Crippen LogP contribution in [0.3, 0.4) is 0 Å². The Morgan fingerprint density at radius 3 is 2.81 bits per heavy atom. The highest BCUT2D eigenvalue weighted by Crippen LogP contribution is 2.47. The molecule has 2 amide bonds. The van der Waals surface area contributed by atoms with Crippen molar-refractivity contribution in [2.45, 2.75) is 38.1 Å². The van der Waals surface area contributed by atoms with Gasteiger partial charge in [-0.1, -0.05) is 30.7 Å². The van der Waals surface area contributed by atoms with Gasteiger partial charge in [-0.3, -0.25) is 0 Å². The quantitative estimate of drug-likeness (QED) is 0.838. The number of amides is 2. The molecule has 1 aromatic carbocycles. The monoisotopic (exact) mass is 372 g/mol. The molecule has 0 spiro atoms. The number of nitrogens with zero attached hydrogens (tertiary/aromatic N) is 2. The molecule has 2 fully saturated rings. The van der Waals surface area contributed by atoms with Crippen molar-refractivity contribution in [2.24, 2.45) is 11.8 Å². The van der Waals surface area contributed by atoms with E-state index in [1.165, 1.54) is 0 Å². The molecule has 2 aromatic rings. The summed E-state index contributed by atoms with van der Waals surface area (Å²) in [5.41, 5.74) is 1.14. The molecule has 26 heavy (non-hydrogen) atoms. The van der Waals surface area contributed by atoms with E-state index in [0.29, 0.717) is 24.3 Å². The van der Waals surface area contributed by atoms with Crippen LogP contribution in [-0.4, -0.2) is 34.0 Å². The minimum absolute atomic E-state index is 0.0281. The zero-order valence-corrected chi connectivity index (χ0v) is 15.7. The number of H-pyrrole nitrogens is 1. The molecule has 0 bridgehead atoms. The summed E-state index contributed by atoms with van der Waals surface area (Å²) >= 11 is 6.03. The second kappa shape index (κ2) is 7.31. The highest BCUT2D eigenvalue weighted by atomic mass is 35.5. The fraction of sp³-hybridized carbons (Fsp3) is 0.500. The van der Waals surface area contributed by atoms with Gasteiger partial charge in [0, 0.05) is 36.4 Å². The molecule has 1 aromatic heterocycles. The van der Waals surface area contributed by atoms with Gasteiger partial charge in [0.05, 0.1) is 6.04 Å². The molecule has 4 rings (SSSR count). The van der Waals surface area contributed by atoms with Gasteiger partial charge in [0.1, 0.15) is 5.82 Å². The largest absolute Gasteiger partial charge is 0.348 e. The van der Waals surface area contributed by atoms with Gasteiger partial charge in [0.25, 0.3) is 0 Å². The molecule has 1 aliphatic carbocycles. The van der Waals surface area contributed by atoms with Crippen molar-refractivity contribution >= 4 is 17.6 Å². The van der Waals surface area contributed by atoms with Gasteiger partial charge >= 0.3 is 6.03 Å². The van der Waals surface area contributed by atoms with Crippen molar-refractivity contribution in [1.82, 2.24) is 20.2 Å². The van der Waals surface area contributed by atoms with Crippen molar-refractivity contribution in [2.75, 3.05) is 13.1 Å². The Morgan fingerprint density at radius 1 is 1.38 bits per heavy atom. The second-order valence-electron chi connectivity index (χ2n) is 7.62. The fourth-order valence-corrected chi connectivity index (χ4v) is 4.16. The zero-order chi connectivity index (χ0) is 18.1. The van der Waals surface area contributed by atoms with Gasteiger partial charge in [0.15, 0.2) is 0 Å². The summed E-state index contributed by atoms with van der Waals surface area (Å²) in [5, 5.41) is 4.02. The molecule has 6 heteroatoms. The summed E-state index contributed by atoms with van der Waals surface area (Å²) in [6, 6.07) is 7.94. The van der Waals surface area contributed by atoms with Gasteiger partial charge in [-0.25, -0.2) is 9.78 Å². The van der Waals surface area contributed by atoms with Gasteiger partial charge in [-0.05, 0) is 48.8 Å². The fourth-order valence-electron chi connectivity index (χ4n) is 4.03. The maximum atomic E-state index is 13.0. The summed E-state index contributed by atoms with van der Waals surface area (Å²) in [7, 11) is 0. The van der Waals surface area contributed by atoms with Crippen molar-refractivity contribution in [3.8, 4) is 0 Å². The maximum absolute atomic E-state index is 13.0. The molecule has 1 saturated heterocycles. The number of piperidine rings is 1. The normalized spacial score (nSPS) is 26.4. The number of urea groups is 1. The summed E-state index contributed by atoms with van der Waals surface area (Å²) in [5.74, 6) is 2.42. The van der Waals surface area contributed by atoms with E-state index in [1.54, 1.807) is 6.20 Å². The number of rotatable bonds is 4. The number of imidazole rings is 1. The molecule has 2 aliphatic rings. The van der Waals surface area contributed by atoms with E-state index in [4.69, 9.17) is 11.6 Å². The third-order valence-corrected chi connectivity index (χ3v) is 5.97. The second-order valence-corrected chi connectivity index (χ2v) is 8.05. The van der Waals surface area contributed by atoms with Crippen LogP contribution in [0.2, 0.25) is 5.02 Å². The Bertz CT molecular complexity index is 746. The van der Waals surface area contributed by atoms with E-state index >= 15 is 0 Å². The van der Waals surface area contributed by atoms with Crippen molar-refractivity contribution in [3.63, 3.8) is 0 Å². The number of carbonyl (C=O) groups excluding carboxylic acids is 1. The minimum Gasteiger partial charge on any atom is -0.348 e. The van der Waals surface area contributed by atoms with Crippen LogP contribution in [0.5, 0.6) is 0 Å². The summed E-state index contributed by atoms with van der Waals surface area (Å²) in [6.07, 6.45) is 6.85. The molecular weight excluding hydrogens is 348 g/mol. The number of likely N-dealkylation sites (tertiary alicyclic amines) is 1. The molecule has 2 N–H and O–H groups in total. The number of halogens is 1. The van der Waals surface area contributed by atoms with Gasteiger partial charge in [-0.2, -0.15) is 0 Å². The SMILES string of the molecule is CC1CC1C(NC(=O)N1CCCC(c2ncc[nH]2)C1)c1ccc(Cl)cc1. The highest BCUT2D eigenvalue weighted by Gasteiger charge is 2.41. The van der Waals surface area contributed by atoms with Crippen molar-refractivity contribution < 1.29 is 4.79 Å². The molecular formula is C20H25ClN4O. The number of carbonyl (C=O) groups is 1. The van der Waals surface area contributed by atoms with Crippen LogP contribution in [0, 0.1) is 11.8 Å². The molecule has 1 saturated carbocycles. The third kappa shape index (κ3) is 3.73. The van der Waals surface area contributed by atoms with E-state index in [9.17, 15) is 4.79 Å². The summed E-state index contributed by atoms with van der Waals surface area (Å²) < 4.78 is 0. The van der Waals surface area contributed by atoms with E-state index in [2.05, 4.69) is 22.2 Å². The molecule has 4 atom stereocenters. The Hall–Kier alpha value is -2.01. The standard InChI is InChI=1S/C20H25ClN4O/c1-13-11-17(13)18(14-4-6-16(21)7-5-14)24-20(26)25-10-2-3-15(12-25)19-22-8-9-23-19/h4-9,13,15,17-18H,2-3,10-12H2,1H3,(H,22,23)(H,24,26). The van der Waals surface area contributed by atoms with Gasteiger partial charge < -0.3 is 15.2 Å². The first-order valence-corrected chi connectivity index (χ1v) is 9.80. The number of aromatic amines is 1. The van der Waals surface area contributed by atoms with Crippen molar-refractivity contribution in [1.29, 1.82) is 0 Å². The number of benzene rings is 1. The topological polar surface area (TPSA) is 61.0 Å². The van der Waals surface area contributed by atoms with Crippen LogP contribution < -0.4 is 5.32 Å². The van der Waals surface area contributed by atoms with Crippen LogP contribution >= 0.6 is 11.6 Å². The first-order chi connectivity index (χ1) is 12.6. The molecule has 5 nitrogen and oxygen atoms in total. The van der Waals surface area contributed by atoms with E-state index in [1.807, 2.05) is 35.4 Å². The van der Waals surface area contributed by atoms with Crippen LogP contribution in [0.1, 0.15) is 49.5 Å². The predicted octanol–water partition coefficient (Wildman–Crippen LogP) is 4.35. The lowest BCUT2D eigenvalue weighted by Crippen LogP contribution is -2.46. The lowest BCUT2D eigenvalue weighted by atomic mass is 9.97. The Morgan fingerprint density at radius 2 is 2.15 bits per heavy atom. The lowest BCUT2D eigenvalue weighted by Gasteiger charge is -2.33. The first-order valence-electron chi connectivity index (χ1n) is 9.42. The number of hydrogen-bond acceptors (Lipinski definition) is 2.